The van der Waals surface area contributed by atoms with Gasteiger partial charge in [-0.05, 0) is 44.5 Å². The van der Waals surface area contributed by atoms with E-state index in [1.54, 1.807) is 0 Å². The van der Waals surface area contributed by atoms with Crippen LogP contribution in [-0.2, 0) is 4.74 Å². The molecule has 0 saturated carbocycles. The van der Waals surface area contributed by atoms with Crippen LogP contribution < -0.4 is 0 Å². The van der Waals surface area contributed by atoms with Crippen molar-refractivity contribution in [3.8, 4) is 0 Å². The molecule has 0 amide bonds. The Kier molecular flexibility index (Phi) is 3.47. The topological polar surface area (TPSA) is 22.1 Å². The first kappa shape index (κ1) is 11.0. The molecular weight excluding hydrogens is 194 g/mol. The van der Waals surface area contributed by atoms with Gasteiger partial charge in [-0.3, -0.25) is 0 Å². The SMILES string of the molecule is C=C(/C=C/c1cnsc1)OC(C)(C)C. The first-order valence-electron chi connectivity index (χ1n) is 4.43. The fraction of sp³-hybridized carbons (Fsp3) is 0.364. The standard InChI is InChI=1S/C11H15NOS/c1-9(13-11(2,3)4)5-6-10-7-12-14-8-10/h5-8H,1H2,2-4H3/b6-5+. The maximum absolute atomic E-state index is 5.54. The van der Waals surface area contributed by atoms with E-state index in [1.165, 1.54) is 11.5 Å². The zero-order valence-electron chi connectivity index (χ0n) is 8.78. The Morgan fingerprint density at radius 3 is 2.79 bits per heavy atom. The minimum Gasteiger partial charge on any atom is -0.489 e. The zero-order valence-corrected chi connectivity index (χ0v) is 9.60. The summed E-state index contributed by atoms with van der Waals surface area (Å²) in [7, 11) is 0. The van der Waals surface area contributed by atoms with Crippen molar-refractivity contribution in [2.24, 2.45) is 0 Å². The third-order valence-electron chi connectivity index (χ3n) is 1.35. The van der Waals surface area contributed by atoms with Crippen molar-refractivity contribution < 1.29 is 4.74 Å². The van der Waals surface area contributed by atoms with E-state index in [0.717, 1.165) is 5.56 Å². The highest BCUT2D eigenvalue weighted by molar-refractivity contribution is 7.03. The number of rotatable bonds is 3. The van der Waals surface area contributed by atoms with Crippen molar-refractivity contribution in [1.82, 2.24) is 4.37 Å². The molecule has 0 radical (unpaired) electrons. The van der Waals surface area contributed by atoms with Crippen LogP contribution in [0, 0.1) is 0 Å². The van der Waals surface area contributed by atoms with E-state index in [2.05, 4.69) is 11.0 Å². The molecule has 1 heterocycles. The van der Waals surface area contributed by atoms with Crippen LogP contribution in [-0.4, -0.2) is 9.97 Å². The van der Waals surface area contributed by atoms with Gasteiger partial charge in [0.2, 0.25) is 0 Å². The summed E-state index contributed by atoms with van der Waals surface area (Å²) < 4.78 is 9.53. The minimum absolute atomic E-state index is 0.186. The van der Waals surface area contributed by atoms with Gasteiger partial charge in [0.25, 0.3) is 0 Å². The number of nitrogens with zero attached hydrogens (tertiary/aromatic N) is 1. The summed E-state index contributed by atoms with van der Waals surface area (Å²) in [6, 6.07) is 0. The largest absolute Gasteiger partial charge is 0.489 e. The Morgan fingerprint density at radius 1 is 1.57 bits per heavy atom. The van der Waals surface area contributed by atoms with E-state index < -0.39 is 0 Å². The highest BCUT2D eigenvalue weighted by atomic mass is 32.1. The third-order valence-corrected chi connectivity index (χ3v) is 1.96. The zero-order chi connectivity index (χ0) is 10.6. The van der Waals surface area contributed by atoms with Crippen LogP contribution in [0.3, 0.4) is 0 Å². The van der Waals surface area contributed by atoms with E-state index in [1.807, 2.05) is 44.5 Å². The van der Waals surface area contributed by atoms with Crippen LogP contribution in [0.1, 0.15) is 26.3 Å². The molecule has 0 spiro atoms. The molecule has 0 unspecified atom stereocenters. The molecule has 0 aliphatic heterocycles. The molecule has 1 aromatic rings. The number of hydrogen-bond acceptors (Lipinski definition) is 3. The molecule has 0 atom stereocenters. The van der Waals surface area contributed by atoms with Crippen molar-refractivity contribution >= 4 is 17.6 Å². The van der Waals surface area contributed by atoms with Crippen molar-refractivity contribution in [2.75, 3.05) is 0 Å². The molecule has 0 aliphatic rings. The lowest BCUT2D eigenvalue weighted by molar-refractivity contribution is 0.0611. The van der Waals surface area contributed by atoms with Crippen LogP contribution in [0.2, 0.25) is 0 Å². The molecule has 0 fully saturated rings. The van der Waals surface area contributed by atoms with Gasteiger partial charge in [-0.1, -0.05) is 6.58 Å². The van der Waals surface area contributed by atoms with Gasteiger partial charge in [0.05, 0.1) is 0 Å². The Labute approximate surface area is 89.1 Å². The second-order valence-electron chi connectivity index (χ2n) is 3.97. The number of ether oxygens (including phenoxy) is 1. The van der Waals surface area contributed by atoms with E-state index >= 15 is 0 Å². The molecule has 1 aromatic heterocycles. The molecule has 0 saturated heterocycles. The van der Waals surface area contributed by atoms with E-state index in [9.17, 15) is 0 Å². The predicted octanol–water partition coefficient (Wildman–Crippen LogP) is 3.49. The average Bonchev–Trinajstić information content (AvgIpc) is 2.49. The van der Waals surface area contributed by atoms with Gasteiger partial charge in [-0.25, -0.2) is 4.37 Å². The summed E-state index contributed by atoms with van der Waals surface area (Å²) in [5.41, 5.74) is 0.891. The quantitative estimate of drug-likeness (QED) is 0.561. The Bertz CT molecular complexity index is 320. The molecule has 0 aromatic carbocycles. The van der Waals surface area contributed by atoms with Crippen molar-refractivity contribution in [3.63, 3.8) is 0 Å². The Morgan fingerprint density at radius 2 is 2.29 bits per heavy atom. The van der Waals surface area contributed by atoms with Gasteiger partial charge in [0.15, 0.2) is 0 Å². The summed E-state index contributed by atoms with van der Waals surface area (Å²) >= 11 is 1.43. The van der Waals surface area contributed by atoms with E-state index in [-0.39, 0.29) is 5.60 Å². The maximum atomic E-state index is 5.54. The summed E-state index contributed by atoms with van der Waals surface area (Å²) in [5.74, 6) is 0.670. The van der Waals surface area contributed by atoms with Gasteiger partial charge in [0.1, 0.15) is 11.4 Å². The fourth-order valence-electron chi connectivity index (χ4n) is 0.912. The van der Waals surface area contributed by atoms with Gasteiger partial charge in [0, 0.05) is 17.1 Å². The van der Waals surface area contributed by atoms with Crippen molar-refractivity contribution in [2.45, 2.75) is 26.4 Å². The summed E-state index contributed by atoms with van der Waals surface area (Å²) in [4.78, 5) is 0. The van der Waals surface area contributed by atoms with Gasteiger partial charge in [-0.15, -0.1) is 0 Å². The van der Waals surface area contributed by atoms with Crippen LogP contribution in [0.25, 0.3) is 6.08 Å². The lowest BCUT2D eigenvalue weighted by Crippen LogP contribution is -2.17. The first-order valence-corrected chi connectivity index (χ1v) is 5.26. The van der Waals surface area contributed by atoms with E-state index in [4.69, 9.17) is 4.74 Å². The van der Waals surface area contributed by atoms with E-state index in [0.29, 0.717) is 5.76 Å². The van der Waals surface area contributed by atoms with Crippen LogP contribution in [0.4, 0.5) is 0 Å². The highest BCUT2D eigenvalue weighted by Crippen LogP contribution is 2.14. The Balaban J connectivity index is 2.49. The number of allylic oxidation sites excluding steroid dienone is 1. The highest BCUT2D eigenvalue weighted by Gasteiger charge is 2.10. The van der Waals surface area contributed by atoms with Crippen molar-refractivity contribution in [3.05, 3.63) is 35.6 Å². The molecule has 14 heavy (non-hydrogen) atoms. The molecule has 1 rings (SSSR count). The third kappa shape index (κ3) is 4.23. The maximum Gasteiger partial charge on any atom is 0.112 e. The predicted molar refractivity (Wildman–Crippen MR) is 61.1 cm³/mol. The summed E-state index contributed by atoms with van der Waals surface area (Å²) in [6.07, 6.45) is 5.61. The lowest BCUT2D eigenvalue weighted by atomic mass is 10.2. The molecule has 0 bridgehead atoms. The van der Waals surface area contributed by atoms with Crippen LogP contribution in [0.15, 0.2) is 30.0 Å². The van der Waals surface area contributed by atoms with Crippen molar-refractivity contribution in [1.29, 1.82) is 0 Å². The normalized spacial score (nSPS) is 11.9. The van der Waals surface area contributed by atoms with Gasteiger partial charge < -0.3 is 4.74 Å². The fourth-order valence-corrected chi connectivity index (χ4v) is 1.42. The minimum atomic E-state index is -0.186. The van der Waals surface area contributed by atoms with Crippen LogP contribution >= 0.6 is 11.5 Å². The number of aromatic nitrogens is 1. The monoisotopic (exact) mass is 209 g/mol. The second kappa shape index (κ2) is 4.42. The molecule has 3 heteroatoms. The summed E-state index contributed by atoms with van der Waals surface area (Å²) in [5, 5.41) is 1.97. The average molecular weight is 209 g/mol. The van der Waals surface area contributed by atoms with Crippen LogP contribution in [0.5, 0.6) is 0 Å². The molecular formula is C11H15NOS. The second-order valence-corrected chi connectivity index (χ2v) is 4.63. The summed E-state index contributed by atoms with van der Waals surface area (Å²) in [6.45, 7) is 9.81. The van der Waals surface area contributed by atoms with Gasteiger partial charge in [-0.2, -0.15) is 0 Å². The Hall–Kier alpha value is -1.09. The van der Waals surface area contributed by atoms with Gasteiger partial charge >= 0.3 is 0 Å². The molecule has 0 aliphatic carbocycles. The number of hydrogen-bond donors (Lipinski definition) is 0. The lowest BCUT2D eigenvalue weighted by Gasteiger charge is -2.21. The smallest absolute Gasteiger partial charge is 0.112 e. The first-order chi connectivity index (χ1) is 6.47. The molecule has 0 N–H and O–H groups in total. The molecule has 2 nitrogen and oxygen atoms in total. The molecule has 76 valence electrons.